The lowest BCUT2D eigenvalue weighted by molar-refractivity contribution is -0.119. The predicted octanol–water partition coefficient (Wildman–Crippen LogP) is 4.62. The number of nitrogens with one attached hydrogen (secondary N) is 1. The van der Waals surface area contributed by atoms with Crippen molar-refractivity contribution >= 4 is 23.8 Å². The van der Waals surface area contributed by atoms with Gasteiger partial charge in [-0.05, 0) is 71.1 Å². The number of methoxy groups -OCH3 is 5. The molecule has 3 aromatic rings. The Kier molecular flexibility index (Phi) is 9.24. The fourth-order valence-electron chi connectivity index (χ4n) is 5.77. The molecule has 0 saturated heterocycles. The number of halogens is 1. The van der Waals surface area contributed by atoms with E-state index >= 15 is 0 Å². The minimum absolute atomic E-state index is 0.0702. The summed E-state index contributed by atoms with van der Waals surface area (Å²) in [6.45, 7) is 0.301. The second-order valence-corrected chi connectivity index (χ2v) is 10.3. The van der Waals surface area contributed by atoms with E-state index in [4.69, 9.17) is 33.2 Å². The van der Waals surface area contributed by atoms with Crippen LogP contribution in [0.3, 0.4) is 0 Å². The Morgan fingerprint density at radius 2 is 1.61 bits per heavy atom. The topological polar surface area (TPSA) is 111 Å². The highest BCUT2D eigenvalue weighted by Crippen LogP contribution is 2.45. The molecule has 10 nitrogen and oxygen atoms in total. The maximum absolute atomic E-state index is 14.7. The molecule has 0 aromatic heterocycles. The first-order valence-corrected chi connectivity index (χ1v) is 13.9. The lowest BCUT2D eigenvalue weighted by atomic mass is 9.73. The van der Waals surface area contributed by atoms with Crippen LogP contribution in [0, 0.1) is 17.7 Å². The Bertz CT molecular complexity index is 1560. The Hall–Kier alpha value is -4.77. The lowest BCUT2D eigenvalue weighted by Crippen LogP contribution is -2.43. The Morgan fingerprint density at radius 1 is 0.932 bits per heavy atom. The van der Waals surface area contributed by atoms with Gasteiger partial charge in [0.15, 0.2) is 34.6 Å². The molecule has 2 aliphatic rings. The number of carbonyl (C=O) groups excluding carboxylic acids is 2. The maximum atomic E-state index is 14.7. The van der Waals surface area contributed by atoms with Crippen molar-refractivity contribution in [2.24, 2.45) is 11.8 Å². The van der Waals surface area contributed by atoms with Crippen molar-refractivity contribution in [1.29, 1.82) is 0 Å². The molecule has 1 aliphatic carbocycles. The van der Waals surface area contributed by atoms with Crippen LogP contribution in [0.1, 0.15) is 28.3 Å². The molecule has 1 unspecified atom stereocenters. The van der Waals surface area contributed by atoms with E-state index in [1.165, 1.54) is 40.6 Å². The summed E-state index contributed by atoms with van der Waals surface area (Å²) in [5, 5.41) is 3.15. The van der Waals surface area contributed by atoms with Crippen LogP contribution in [-0.4, -0.2) is 61.1 Å². The van der Waals surface area contributed by atoms with Gasteiger partial charge in [-0.25, -0.2) is 4.39 Å². The summed E-state index contributed by atoms with van der Waals surface area (Å²) < 4.78 is 53.1. The number of carbonyl (C=O) groups is 2. The average Bonchev–Trinajstić information content (AvgIpc) is 3.50. The third-order valence-electron chi connectivity index (χ3n) is 7.93. The fourth-order valence-corrected chi connectivity index (χ4v) is 5.77. The number of hydrogen-bond donors (Lipinski definition) is 1. The first kappa shape index (κ1) is 30.7. The van der Waals surface area contributed by atoms with E-state index < -0.39 is 23.7 Å². The van der Waals surface area contributed by atoms with Gasteiger partial charge < -0.3 is 43.3 Å². The van der Waals surface area contributed by atoms with Crippen LogP contribution >= 0.6 is 0 Å². The summed E-state index contributed by atoms with van der Waals surface area (Å²) in [6.07, 6.45) is 2.91. The second-order valence-electron chi connectivity index (χ2n) is 10.3. The Labute approximate surface area is 254 Å². The number of amides is 1. The van der Waals surface area contributed by atoms with Gasteiger partial charge in [0.2, 0.25) is 12.5 Å². The Morgan fingerprint density at radius 3 is 2.20 bits per heavy atom. The van der Waals surface area contributed by atoms with Gasteiger partial charge in [0, 0.05) is 24.5 Å². The molecule has 1 aliphatic heterocycles. The van der Waals surface area contributed by atoms with E-state index in [1.807, 2.05) is 12.1 Å². The smallest absolute Gasteiger partial charge is 0.252 e. The number of aldehydes is 1. The zero-order valence-corrected chi connectivity index (χ0v) is 25.1. The lowest BCUT2D eigenvalue weighted by Gasteiger charge is -2.37. The highest BCUT2D eigenvalue weighted by atomic mass is 19.1. The third-order valence-corrected chi connectivity index (χ3v) is 7.93. The fraction of sp³-hybridized carbons (Fsp3) is 0.333. The number of benzene rings is 3. The summed E-state index contributed by atoms with van der Waals surface area (Å²) in [4.78, 5) is 26.7. The van der Waals surface area contributed by atoms with E-state index in [0.717, 1.165) is 17.4 Å². The van der Waals surface area contributed by atoms with E-state index in [9.17, 15) is 14.0 Å². The number of hydrogen-bond acceptors (Lipinski definition) is 9. The van der Waals surface area contributed by atoms with Crippen molar-refractivity contribution in [2.45, 2.75) is 12.5 Å². The van der Waals surface area contributed by atoms with Crippen molar-refractivity contribution in [3.8, 4) is 34.5 Å². The molecule has 0 bridgehead atoms. The molecule has 0 spiro atoms. The van der Waals surface area contributed by atoms with Crippen LogP contribution in [0.2, 0.25) is 0 Å². The molecule has 1 N–H and O–H groups in total. The van der Waals surface area contributed by atoms with Crippen molar-refractivity contribution in [2.75, 3.05) is 48.9 Å². The van der Waals surface area contributed by atoms with Crippen molar-refractivity contribution in [1.82, 2.24) is 5.32 Å². The maximum Gasteiger partial charge on any atom is 0.252 e. The van der Waals surface area contributed by atoms with Crippen LogP contribution in [0.5, 0.6) is 34.5 Å². The van der Waals surface area contributed by atoms with Gasteiger partial charge in [0.1, 0.15) is 6.29 Å². The van der Waals surface area contributed by atoms with E-state index in [2.05, 4.69) is 5.32 Å². The molecule has 0 fully saturated rings. The highest BCUT2D eigenvalue weighted by molar-refractivity contribution is 6.24. The molecule has 0 radical (unpaired) electrons. The summed E-state index contributed by atoms with van der Waals surface area (Å²) in [6, 6.07) is 10.7. The van der Waals surface area contributed by atoms with Gasteiger partial charge in [-0.3, -0.25) is 4.79 Å². The predicted molar refractivity (Wildman–Crippen MR) is 159 cm³/mol. The summed E-state index contributed by atoms with van der Waals surface area (Å²) in [5.41, 5.74) is 2.67. The van der Waals surface area contributed by atoms with Gasteiger partial charge in [-0.15, -0.1) is 0 Å². The van der Waals surface area contributed by atoms with Gasteiger partial charge in [-0.2, -0.15) is 0 Å². The number of fused-ring (bicyclic) bond motifs is 2. The normalized spacial score (nSPS) is 18.7. The van der Waals surface area contributed by atoms with Gasteiger partial charge in [0.25, 0.3) is 5.91 Å². The summed E-state index contributed by atoms with van der Waals surface area (Å²) in [7, 11) is 7.35. The number of rotatable bonds is 11. The summed E-state index contributed by atoms with van der Waals surface area (Å²) >= 11 is 0. The monoisotopic (exact) mass is 607 g/mol. The van der Waals surface area contributed by atoms with Crippen molar-refractivity contribution < 1.29 is 47.1 Å². The van der Waals surface area contributed by atoms with Crippen molar-refractivity contribution in [3.63, 3.8) is 0 Å². The summed E-state index contributed by atoms with van der Waals surface area (Å²) in [5.74, 6) is 0.327. The highest BCUT2D eigenvalue weighted by Gasteiger charge is 2.39. The third kappa shape index (κ3) is 5.87. The molecular weight excluding hydrogens is 573 g/mol. The standard InChI is InChI=1S/C33H34FNO9/c1-38-16-24-21(15-36)10-19-11-27-28(44-17-43-27)14-22(19)31(24)35-33(37)23(8-18-6-7-26(39-2)25(34)9-18)20-12-29(40-3)32(42-5)30(13-20)41-4/h6-9,11-15,21,24,31H,10,16-17H2,1-5H3,(H,35,37)/b23-8+/t21-,24?,31+/m0/s1. The molecular formula is C33H34FNO9. The largest absolute Gasteiger partial charge is 0.494 e. The SMILES string of the molecule is COCC1[C@H](C=O)Cc2cc3c(cc2[C@H]1NC(=O)/C(=C/c1ccc(OC)c(F)c1)c1cc(OC)c(OC)c(OC)c1)OCO3. The zero-order valence-electron chi connectivity index (χ0n) is 25.1. The van der Waals surface area contributed by atoms with Crippen LogP contribution in [-0.2, 0) is 20.7 Å². The van der Waals surface area contributed by atoms with E-state index in [1.54, 1.807) is 31.4 Å². The zero-order chi connectivity index (χ0) is 31.4. The molecule has 232 valence electrons. The van der Waals surface area contributed by atoms with Crippen LogP contribution in [0.25, 0.3) is 11.6 Å². The second kappa shape index (κ2) is 13.3. The minimum Gasteiger partial charge on any atom is -0.494 e. The van der Waals surface area contributed by atoms with Crippen LogP contribution < -0.4 is 33.7 Å². The van der Waals surface area contributed by atoms with Gasteiger partial charge in [0.05, 0.1) is 41.1 Å². The molecule has 0 saturated carbocycles. The number of ether oxygens (including phenoxy) is 7. The molecule has 3 atom stereocenters. The average molecular weight is 608 g/mol. The van der Waals surface area contributed by atoms with E-state index in [0.29, 0.717) is 46.3 Å². The molecule has 1 amide bonds. The molecule has 11 heteroatoms. The van der Waals surface area contributed by atoms with E-state index in [-0.39, 0.29) is 30.6 Å². The first-order chi connectivity index (χ1) is 21.3. The molecule has 1 heterocycles. The van der Waals surface area contributed by atoms with Crippen LogP contribution in [0.15, 0.2) is 42.5 Å². The minimum atomic E-state index is -0.631. The molecule has 3 aromatic carbocycles. The molecule has 5 rings (SSSR count). The first-order valence-electron chi connectivity index (χ1n) is 13.9. The quantitative estimate of drug-likeness (QED) is 0.190. The van der Waals surface area contributed by atoms with Crippen molar-refractivity contribution in [3.05, 3.63) is 70.5 Å². The van der Waals surface area contributed by atoms with Gasteiger partial charge in [-0.1, -0.05) is 6.07 Å². The Balaban J connectivity index is 1.64. The van der Waals surface area contributed by atoms with Crippen LogP contribution in [0.4, 0.5) is 4.39 Å². The van der Waals surface area contributed by atoms with Gasteiger partial charge >= 0.3 is 0 Å². The molecule has 44 heavy (non-hydrogen) atoms.